The SMILES string of the molecule is CCn1c(CN)cc2ccc(CN)cc21. The summed E-state index contributed by atoms with van der Waals surface area (Å²) in [6.45, 7) is 4.25. The van der Waals surface area contributed by atoms with Crippen LogP contribution in [0.25, 0.3) is 10.9 Å². The van der Waals surface area contributed by atoms with Crippen molar-refractivity contribution in [1.82, 2.24) is 4.57 Å². The lowest BCUT2D eigenvalue weighted by Crippen LogP contribution is -2.05. The van der Waals surface area contributed by atoms with Gasteiger partial charge < -0.3 is 16.0 Å². The zero-order valence-corrected chi connectivity index (χ0v) is 9.03. The molecule has 3 nitrogen and oxygen atoms in total. The molecule has 0 aliphatic rings. The largest absolute Gasteiger partial charge is 0.344 e. The van der Waals surface area contributed by atoms with Gasteiger partial charge in [0.15, 0.2) is 0 Å². The van der Waals surface area contributed by atoms with Crippen LogP contribution in [0.4, 0.5) is 0 Å². The molecule has 1 aromatic carbocycles. The molecule has 0 bridgehead atoms. The molecule has 2 rings (SSSR count). The first-order valence-corrected chi connectivity index (χ1v) is 5.31. The van der Waals surface area contributed by atoms with Crippen LogP contribution in [0.1, 0.15) is 18.2 Å². The van der Waals surface area contributed by atoms with Gasteiger partial charge in [-0.3, -0.25) is 0 Å². The van der Waals surface area contributed by atoms with Gasteiger partial charge in [-0.2, -0.15) is 0 Å². The molecule has 0 aliphatic carbocycles. The molecule has 0 spiro atoms. The lowest BCUT2D eigenvalue weighted by molar-refractivity contribution is 0.739. The molecular weight excluding hydrogens is 186 g/mol. The Hall–Kier alpha value is -1.32. The maximum Gasteiger partial charge on any atom is 0.0486 e. The van der Waals surface area contributed by atoms with E-state index in [1.807, 2.05) is 0 Å². The number of aromatic nitrogens is 1. The molecule has 0 aliphatic heterocycles. The van der Waals surface area contributed by atoms with Gasteiger partial charge in [0.2, 0.25) is 0 Å². The Morgan fingerprint density at radius 1 is 1.13 bits per heavy atom. The molecule has 0 radical (unpaired) electrons. The average molecular weight is 203 g/mol. The van der Waals surface area contributed by atoms with Gasteiger partial charge in [0.05, 0.1) is 0 Å². The van der Waals surface area contributed by atoms with Crippen molar-refractivity contribution in [2.45, 2.75) is 26.6 Å². The minimum absolute atomic E-state index is 0.584. The van der Waals surface area contributed by atoms with Crippen LogP contribution in [-0.2, 0) is 19.6 Å². The molecule has 0 amide bonds. The highest BCUT2D eigenvalue weighted by Crippen LogP contribution is 2.21. The van der Waals surface area contributed by atoms with E-state index < -0.39 is 0 Å². The highest BCUT2D eigenvalue weighted by Gasteiger charge is 2.06. The molecule has 0 fully saturated rings. The number of benzene rings is 1. The Morgan fingerprint density at radius 3 is 2.53 bits per heavy atom. The lowest BCUT2D eigenvalue weighted by Gasteiger charge is -2.06. The zero-order chi connectivity index (χ0) is 10.8. The van der Waals surface area contributed by atoms with Crippen LogP contribution in [0.2, 0.25) is 0 Å². The summed E-state index contributed by atoms with van der Waals surface area (Å²) >= 11 is 0. The Balaban J connectivity index is 2.67. The van der Waals surface area contributed by atoms with E-state index in [2.05, 4.69) is 35.8 Å². The van der Waals surface area contributed by atoms with E-state index in [9.17, 15) is 0 Å². The summed E-state index contributed by atoms with van der Waals surface area (Å²) in [5, 5.41) is 1.24. The second-order valence-corrected chi connectivity index (χ2v) is 3.68. The predicted octanol–water partition coefficient (Wildman–Crippen LogP) is 1.58. The van der Waals surface area contributed by atoms with Gasteiger partial charge >= 0.3 is 0 Å². The van der Waals surface area contributed by atoms with Crippen molar-refractivity contribution in [2.75, 3.05) is 0 Å². The number of rotatable bonds is 3. The first-order valence-electron chi connectivity index (χ1n) is 5.31. The van der Waals surface area contributed by atoms with Crippen molar-refractivity contribution < 1.29 is 0 Å². The van der Waals surface area contributed by atoms with Crippen LogP contribution in [0, 0.1) is 0 Å². The van der Waals surface area contributed by atoms with E-state index >= 15 is 0 Å². The number of hydrogen-bond acceptors (Lipinski definition) is 2. The topological polar surface area (TPSA) is 57.0 Å². The summed E-state index contributed by atoms with van der Waals surface area (Å²) in [7, 11) is 0. The Morgan fingerprint density at radius 2 is 1.93 bits per heavy atom. The monoisotopic (exact) mass is 203 g/mol. The molecular formula is C12H17N3. The number of hydrogen-bond donors (Lipinski definition) is 2. The van der Waals surface area contributed by atoms with E-state index in [-0.39, 0.29) is 0 Å². The van der Waals surface area contributed by atoms with Gasteiger partial charge in [0.1, 0.15) is 0 Å². The fraction of sp³-hybridized carbons (Fsp3) is 0.333. The van der Waals surface area contributed by atoms with Crippen LogP contribution in [0.5, 0.6) is 0 Å². The Bertz CT molecular complexity index is 471. The molecule has 3 heteroatoms. The van der Waals surface area contributed by atoms with Crippen molar-refractivity contribution in [3.63, 3.8) is 0 Å². The maximum absolute atomic E-state index is 5.72. The minimum atomic E-state index is 0.584. The van der Waals surface area contributed by atoms with Crippen molar-refractivity contribution in [3.8, 4) is 0 Å². The third-order valence-electron chi connectivity index (χ3n) is 2.82. The second kappa shape index (κ2) is 4.04. The van der Waals surface area contributed by atoms with E-state index in [0.717, 1.165) is 6.54 Å². The van der Waals surface area contributed by atoms with E-state index in [4.69, 9.17) is 11.5 Å². The number of nitrogens with two attached hydrogens (primary N) is 2. The van der Waals surface area contributed by atoms with Crippen LogP contribution >= 0.6 is 0 Å². The molecule has 1 heterocycles. The molecule has 0 atom stereocenters. The fourth-order valence-corrected chi connectivity index (χ4v) is 2.03. The molecule has 15 heavy (non-hydrogen) atoms. The summed E-state index contributed by atoms with van der Waals surface area (Å²) in [4.78, 5) is 0. The van der Waals surface area contributed by atoms with E-state index in [0.29, 0.717) is 13.1 Å². The predicted molar refractivity (Wildman–Crippen MR) is 63.4 cm³/mol. The van der Waals surface area contributed by atoms with Crippen LogP contribution in [0.15, 0.2) is 24.3 Å². The number of nitrogens with zero attached hydrogens (tertiary/aromatic N) is 1. The lowest BCUT2D eigenvalue weighted by atomic mass is 10.1. The minimum Gasteiger partial charge on any atom is -0.344 e. The number of fused-ring (bicyclic) bond motifs is 1. The normalized spacial score (nSPS) is 11.1. The van der Waals surface area contributed by atoms with Crippen LogP contribution < -0.4 is 11.5 Å². The quantitative estimate of drug-likeness (QED) is 0.795. The first kappa shape index (κ1) is 10.2. The van der Waals surface area contributed by atoms with Crippen molar-refractivity contribution in [2.24, 2.45) is 11.5 Å². The van der Waals surface area contributed by atoms with Gasteiger partial charge in [-0.1, -0.05) is 12.1 Å². The summed E-state index contributed by atoms with van der Waals surface area (Å²) in [5.74, 6) is 0. The highest BCUT2D eigenvalue weighted by molar-refractivity contribution is 5.82. The first-order chi connectivity index (χ1) is 7.30. The molecule has 0 saturated carbocycles. The van der Waals surface area contributed by atoms with E-state index in [1.54, 1.807) is 0 Å². The zero-order valence-electron chi connectivity index (χ0n) is 9.03. The Kier molecular flexibility index (Phi) is 2.75. The highest BCUT2D eigenvalue weighted by atomic mass is 15.0. The molecule has 80 valence electrons. The van der Waals surface area contributed by atoms with Gasteiger partial charge in [-0.25, -0.2) is 0 Å². The molecule has 4 N–H and O–H groups in total. The van der Waals surface area contributed by atoms with Gasteiger partial charge in [0.25, 0.3) is 0 Å². The van der Waals surface area contributed by atoms with Crippen LogP contribution in [0.3, 0.4) is 0 Å². The summed E-state index contributed by atoms with van der Waals surface area (Å²) in [5.41, 5.74) is 14.9. The standard InChI is InChI=1S/C12H17N3/c1-2-15-11(8-14)6-10-4-3-9(7-13)5-12(10)15/h3-6H,2,7-8,13-14H2,1H3. The molecule has 0 unspecified atom stereocenters. The van der Waals surface area contributed by atoms with Crippen molar-refractivity contribution >= 4 is 10.9 Å². The summed E-state index contributed by atoms with van der Waals surface area (Å²) in [6, 6.07) is 8.49. The van der Waals surface area contributed by atoms with Crippen LogP contribution in [-0.4, -0.2) is 4.57 Å². The Labute approximate surface area is 89.7 Å². The second-order valence-electron chi connectivity index (χ2n) is 3.68. The third-order valence-corrected chi connectivity index (χ3v) is 2.82. The molecule has 0 saturated heterocycles. The van der Waals surface area contributed by atoms with Crippen molar-refractivity contribution in [1.29, 1.82) is 0 Å². The van der Waals surface area contributed by atoms with E-state index in [1.165, 1.54) is 22.2 Å². The van der Waals surface area contributed by atoms with Gasteiger partial charge in [-0.05, 0) is 30.0 Å². The van der Waals surface area contributed by atoms with Gasteiger partial charge in [0, 0.05) is 30.8 Å². The molecule has 2 aromatic rings. The summed E-state index contributed by atoms with van der Waals surface area (Å²) in [6.07, 6.45) is 0. The number of aryl methyl sites for hydroxylation is 1. The molecule has 1 aromatic heterocycles. The third kappa shape index (κ3) is 1.64. The maximum atomic E-state index is 5.72. The summed E-state index contributed by atoms with van der Waals surface area (Å²) < 4.78 is 2.24. The average Bonchev–Trinajstić information content (AvgIpc) is 2.65. The van der Waals surface area contributed by atoms with Gasteiger partial charge in [-0.15, -0.1) is 0 Å². The smallest absolute Gasteiger partial charge is 0.0486 e. The van der Waals surface area contributed by atoms with Crippen molar-refractivity contribution in [3.05, 3.63) is 35.5 Å². The fourth-order valence-electron chi connectivity index (χ4n) is 2.03.